The van der Waals surface area contributed by atoms with Crippen LogP contribution < -0.4 is 15.1 Å². The molecule has 22 heavy (non-hydrogen) atoms. The molecule has 0 atom stereocenters. The molecule has 118 valence electrons. The molecule has 0 spiro atoms. The van der Waals surface area contributed by atoms with Gasteiger partial charge in [0.25, 0.3) is 0 Å². The van der Waals surface area contributed by atoms with Crippen molar-refractivity contribution in [3.8, 4) is 0 Å². The van der Waals surface area contributed by atoms with Crippen LogP contribution in [0.2, 0.25) is 0 Å². The van der Waals surface area contributed by atoms with Crippen molar-refractivity contribution in [1.82, 2.24) is 19.9 Å². The van der Waals surface area contributed by atoms with Crippen LogP contribution in [0, 0.1) is 13.8 Å². The van der Waals surface area contributed by atoms with Crippen LogP contribution >= 0.6 is 0 Å². The van der Waals surface area contributed by atoms with E-state index in [1.807, 2.05) is 52.3 Å². The Morgan fingerprint density at radius 2 is 1.68 bits per heavy atom. The summed E-state index contributed by atoms with van der Waals surface area (Å²) in [6.07, 6.45) is 3.65. The molecule has 0 bridgehead atoms. The van der Waals surface area contributed by atoms with Gasteiger partial charge in [0.2, 0.25) is 11.9 Å². The number of rotatable bonds is 5. The fourth-order valence-corrected chi connectivity index (χ4v) is 2.09. The van der Waals surface area contributed by atoms with E-state index in [0.717, 1.165) is 22.6 Å². The minimum atomic E-state index is 0.621. The van der Waals surface area contributed by atoms with E-state index in [2.05, 4.69) is 30.2 Å². The minimum absolute atomic E-state index is 0.621. The lowest BCUT2D eigenvalue weighted by molar-refractivity contribution is 0.854. The van der Waals surface area contributed by atoms with Crippen molar-refractivity contribution < 1.29 is 0 Å². The third kappa shape index (κ3) is 3.41. The molecular weight excluding hydrogens is 278 g/mol. The Labute approximate surface area is 131 Å². The van der Waals surface area contributed by atoms with E-state index in [1.54, 1.807) is 7.05 Å². The summed E-state index contributed by atoms with van der Waals surface area (Å²) >= 11 is 0. The molecule has 1 N–H and O–H groups in total. The van der Waals surface area contributed by atoms with Crippen LogP contribution in [0.1, 0.15) is 16.8 Å². The third-order valence-electron chi connectivity index (χ3n) is 3.46. The molecule has 0 saturated heterocycles. The SMILES string of the molecule is CNc1ncc(CN(C)c2nc(N(C)C)nc(C)c2C)cn1. The van der Waals surface area contributed by atoms with Gasteiger partial charge < -0.3 is 15.1 Å². The zero-order chi connectivity index (χ0) is 16.3. The monoisotopic (exact) mass is 301 g/mol. The lowest BCUT2D eigenvalue weighted by Gasteiger charge is -2.23. The molecular formula is C15H23N7. The summed E-state index contributed by atoms with van der Waals surface area (Å²) in [5, 5.41) is 2.91. The maximum Gasteiger partial charge on any atom is 0.227 e. The quantitative estimate of drug-likeness (QED) is 0.900. The summed E-state index contributed by atoms with van der Waals surface area (Å²) in [6.45, 7) is 4.74. The molecule has 0 aliphatic rings. The van der Waals surface area contributed by atoms with Crippen molar-refractivity contribution in [2.24, 2.45) is 0 Å². The molecule has 7 heteroatoms. The van der Waals surface area contributed by atoms with Gasteiger partial charge in [0, 0.05) is 63.9 Å². The molecule has 0 radical (unpaired) electrons. The number of hydrogen-bond acceptors (Lipinski definition) is 7. The predicted octanol–water partition coefficient (Wildman–Crippen LogP) is 1.63. The Bertz CT molecular complexity index is 637. The normalized spacial score (nSPS) is 10.5. The van der Waals surface area contributed by atoms with Gasteiger partial charge in [-0.05, 0) is 13.8 Å². The molecule has 0 aliphatic heterocycles. The van der Waals surface area contributed by atoms with Gasteiger partial charge in [-0.25, -0.2) is 15.0 Å². The lowest BCUT2D eigenvalue weighted by atomic mass is 10.2. The number of nitrogens with zero attached hydrogens (tertiary/aromatic N) is 6. The number of aromatic nitrogens is 4. The van der Waals surface area contributed by atoms with Gasteiger partial charge in [0.1, 0.15) is 5.82 Å². The van der Waals surface area contributed by atoms with Gasteiger partial charge >= 0.3 is 0 Å². The molecule has 0 amide bonds. The Kier molecular flexibility index (Phi) is 4.75. The average molecular weight is 301 g/mol. The second-order valence-corrected chi connectivity index (χ2v) is 5.47. The van der Waals surface area contributed by atoms with Crippen LogP contribution in [-0.2, 0) is 6.54 Å². The van der Waals surface area contributed by atoms with E-state index in [-0.39, 0.29) is 0 Å². The van der Waals surface area contributed by atoms with Crippen LogP contribution in [0.3, 0.4) is 0 Å². The second kappa shape index (κ2) is 6.55. The van der Waals surface area contributed by atoms with Crippen LogP contribution in [-0.4, -0.2) is 48.1 Å². The molecule has 0 aromatic carbocycles. The van der Waals surface area contributed by atoms with E-state index in [9.17, 15) is 0 Å². The molecule has 2 aromatic heterocycles. The van der Waals surface area contributed by atoms with E-state index < -0.39 is 0 Å². The summed E-state index contributed by atoms with van der Waals surface area (Å²) in [5.74, 6) is 2.26. The lowest BCUT2D eigenvalue weighted by Crippen LogP contribution is -2.22. The molecule has 2 aromatic rings. The first-order valence-electron chi connectivity index (χ1n) is 7.14. The zero-order valence-corrected chi connectivity index (χ0v) is 14.0. The molecule has 0 aliphatic carbocycles. The standard InChI is InChI=1S/C15H23N7/c1-10-11(2)19-15(21(4)5)20-13(10)22(6)9-12-7-17-14(16-3)18-8-12/h7-8H,9H2,1-6H3,(H,16,17,18). The third-order valence-corrected chi connectivity index (χ3v) is 3.46. The van der Waals surface area contributed by atoms with Crippen molar-refractivity contribution in [2.75, 3.05) is 43.3 Å². The summed E-state index contributed by atoms with van der Waals surface area (Å²) in [6, 6.07) is 0. The van der Waals surface area contributed by atoms with E-state index >= 15 is 0 Å². The predicted molar refractivity (Wildman–Crippen MR) is 89.5 cm³/mol. The van der Waals surface area contributed by atoms with Crippen molar-refractivity contribution in [3.63, 3.8) is 0 Å². The Morgan fingerprint density at radius 3 is 2.23 bits per heavy atom. The fraction of sp³-hybridized carbons (Fsp3) is 0.467. The van der Waals surface area contributed by atoms with Crippen molar-refractivity contribution in [1.29, 1.82) is 0 Å². The number of nitrogens with one attached hydrogen (secondary N) is 1. The van der Waals surface area contributed by atoms with Gasteiger partial charge in [-0.3, -0.25) is 0 Å². The fourth-order valence-electron chi connectivity index (χ4n) is 2.09. The summed E-state index contributed by atoms with van der Waals surface area (Å²) < 4.78 is 0. The largest absolute Gasteiger partial charge is 0.357 e. The van der Waals surface area contributed by atoms with Gasteiger partial charge in [-0.2, -0.15) is 4.98 Å². The van der Waals surface area contributed by atoms with Crippen molar-refractivity contribution >= 4 is 17.7 Å². The molecule has 0 saturated carbocycles. The van der Waals surface area contributed by atoms with E-state index in [4.69, 9.17) is 0 Å². The average Bonchev–Trinajstić information content (AvgIpc) is 2.50. The Hall–Kier alpha value is -2.44. The Balaban J connectivity index is 2.26. The van der Waals surface area contributed by atoms with Crippen LogP contribution in [0.4, 0.5) is 17.7 Å². The van der Waals surface area contributed by atoms with Crippen LogP contribution in [0.25, 0.3) is 0 Å². The highest BCUT2D eigenvalue weighted by Crippen LogP contribution is 2.22. The smallest absolute Gasteiger partial charge is 0.227 e. The van der Waals surface area contributed by atoms with E-state index in [1.165, 1.54) is 0 Å². The zero-order valence-electron chi connectivity index (χ0n) is 14.0. The minimum Gasteiger partial charge on any atom is -0.357 e. The Morgan fingerprint density at radius 1 is 1.05 bits per heavy atom. The van der Waals surface area contributed by atoms with Crippen LogP contribution in [0.15, 0.2) is 12.4 Å². The highest BCUT2D eigenvalue weighted by molar-refractivity contribution is 5.52. The van der Waals surface area contributed by atoms with Gasteiger partial charge in [0.05, 0.1) is 0 Å². The number of aryl methyl sites for hydroxylation is 1. The molecule has 7 nitrogen and oxygen atoms in total. The summed E-state index contributed by atoms with van der Waals surface area (Å²) in [7, 11) is 7.70. The van der Waals surface area contributed by atoms with Gasteiger partial charge in [-0.1, -0.05) is 0 Å². The first-order chi connectivity index (χ1) is 10.4. The molecule has 0 unspecified atom stereocenters. The first kappa shape index (κ1) is 15.9. The van der Waals surface area contributed by atoms with Crippen molar-refractivity contribution in [3.05, 3.63) is 29.2 Å². The highest BCUT2D eigenvalue weighted by Gasteiger charge is 2.13. The summed E-state index contributed by atoms with van der Waals surface area (Å²) in [4.78, 5) is 21.6. The second-order valence-electron chi connectivity index (χ2n) is 5.47. The highest BCUT2D eigenvalue weighted by atomic mass is 15.3. The van der Waals surface area contributed by atoms with Crippen LogP contribution in [0.5, 0.6) is 0 Å². The first-order valence-corrected chi connectivity index (χ1v) is 7.14. The van der Waals surface area contributed by atoms with Gasteiger partial charge in [0.15, 0.2) is 0 Å². The summed E-state index contributed by atoms with van der Waals surface area (Å²) in [5.41, 5.74) is 3.10. The maximum atomic E-state index is 4.65. The number of hydrogen-bond donors (Lipinski definition) is 1. The maximum absolute atomic E-state index is 4.65. The van der Waals surface area contributed by atoms with Crippen molar-refractivity contribution in [2.45, 2.75) is 20.4 Å². The van der Waals surface area contributed by atoms with Gasteiger partial charge in [-0.15, -0.1) is 0 Å². The molecule has 2 rings (SSSR count). The van der Waals surface area contributed by atoms with E-state index in [0.29, 0.717) is 18.4 Å². The molecule has 2 heterocycles. The number of anilines is 3. The topological polar surface area (TPSA) is 70.1 Å². The molecule has 0 fully saturated rings.